The summed E-state index contributed by atoms with van der Waals surface area (Å²) in [4.78, 5) is 38.8. The molecule has 0 aromatic heterocycles. The van der Waals surface area contributed by atoms with E-state index in [2.05, 4.69) is 29.6 Å². The molecule has 2 aromatic rings. The van der Waals surface area contributed by atoms with Crippen LogP contribution in [0.4, 0.5) is 4.79 Å². The highest BCUT2D eigenvalue weighted by Gasteiger charge is 2.45. The second-order valence-corrected chi connectivity index (χ2v) is 10.6. The summed E-state index contributed by atoms with van der Waals surface area (Å²) in [5.41, 5.74) is 3.75. The quantitative estimate of drug-likeness (QED) is 0.582. The molecule has 0 saturated carbocycles. The molecule has 1 atom stereocenters. The number of rotatable bonds is 8. The number of alkyl carbamates (subject to hydrolysis) is 1. The highest BCUT2D eigenvalue weighted by molar-refractivity contribution is 5.85. The van der Waals surface area contributed by atoms with Crippen molar-refractivity contribution < 1.29 is 24.2 Å². The minimum atomic E-state index is -0.867. The number of aliphatic carboxylic acids is 1. The Bertz CT molecular complexity index is 1070. The van der Waals surface area contributed by atoms with Crippen molar-refractivity contribution in [2.24, 2.45) is 17.3 Å². The van der Waals surface area contributed by atoms with Crippen LogP contribution in [-0.4, -0.2) is 53.7 Å². The summed E-state index contributed by atoms with van der Waals surface area (Å²) in [6.45, 7) is 8.67. The SMILES string of the molecule is CC(C)C(NC(=O)OCC1c2ccccc2-c2ccccc21)C(C)(C)C(=O)N1CC(CC(=O)O)C1. The number of carboxylic acid groups (broad SMARTS) is 1. The molecule has 1 unspecified atom stereocenters. The van der Waals surface area contributed by atoms with Crippen LogP contribution in [-0.2, 0) is 14.3 Å². The molecule has 1 heterocycles. The molecule has 0 bridgehead atoms. The Kier molecular flexibility index (Phi) is 6.88. The fourth-order valence-electron chi connectivity index (χ4n) is 5.60. The molecule has 1 aliphatic carbocycles. The largest absolute Gasteiger partial charge is 0.481 e. The first-order chi connectivity index (χ1) is 16.6. The summed E-state index contributed by atoms with van der Waals surface area (Å²) in [6.07, 6.45) is -0.477. The third-order valence-electron chi connectivity index (χ3n) is 7.32. The number of hydrogen-bond acceptors (Lipinski definition) is 4. The highest BCUT2D eigenvalue weighted by atomic mass is 16.5. The Morgan fingerprint density at radius 3 is 2.09 bits per heavy atom. The summed E-state index contributed by atoms with van der Waals surface area (Å²) in [6, 6.07) is 15.9. The van der Waals surface area contributed by atoms with E-state index in [1.54, 1.807) is 4.90 Å². The van der Waals surface area contributed by atoms with E-state index in [1.807, 2.05) is 52.0 Å². The van der Waals surface area contributed by atoms with Gasteiger partial charge in [0.1, 0.15) is 6.61 Å². The summed E-state index contributed by atoms with van der Waals surface area (Å²) in [5.74, 6) is -0.993. The summed E-state index contributed by atoms with van der Waals surface area (Å²) < 4.78 is 5.72. The number of likely N-dealkylation sites (tertiary alicyclic amines) is 1. The molecule has 2 aliphatic rings. The zero-order chi connectivity index (χ0) is 25.3. The number of carbonyl (C=O) groups excluding carboxylic acids is 2. The predicted molar refractivity (Wildman–Crippen MR) is 133 cm³/mol. The van der Waals surface area contributed by atoms with Gasteiger partial charge in [-0.25, -0.2) is 4.79 Å². The van der Waals surface area contributed by atoms with Gasteiger partial charge in [-0.2, -0.15) is 0 Å². The third kappa shape index (κ3) is 4.90. The number of ether oxygens (including phenoxy) is 1. The van der Waals surface area contributed by atoms with Crippen molar-refractivity contribution in [3.05, 3.63) is 59.7 Å². The maximum Gasteiger partial charge on any atom is 0.407 e. The lowest BCUT2D eigenvalue weighted by Crippen LogP contribution is -2.60. The van der Waals surface area contributed by atoms with E-state index in [0.29, 0.717) is 13.1 Å². The molecule has 0 radical (unpaired) electrons. The second kappa shape index (κ2) is 9.72. The average Bonchev–Trinajstić information content (AvgIpc) is 3.11. The Morgan fingerprint density at radius 1 is 1.03 bits per heavy atom. The average molecular weight is 479 g/mol. The molecule has 35 heavy (non-hydrogen) atoms. The van der Waals surface area contributed by atoms with Gasteiger partial charge in [-0.3, -0.25) is 9.59 Å². The number of nitrogens with zero attached hydrogens (tertiary/aromatic N) is 1. The first kappa shape index (κ1) is 24.8. The van der Waals surface area contributed by atoms with Gasteiger partial charge in [0.25, 0.3) is 0 Å². The van der Waals surface area contributed by atoms with E-state index in [1.165, 1.54) is 11.1 Å². The van der Waals surface area contributed by atoms with E-state index in [-0.39, 0.29) is 36.7 Å². The Hall–Kier alpha value is -3.35. The van der Waals surface area contributed by atoms with Gasteiger partial charge in [0.15, 0.2) is 0 Å². The molecular formula is C28H34N2O5. The van der Waals surface area contributed by atoms with Gasteiger partial charge in [-0.15, -0.1) is 0 Å². The van der Waals surface area contributed by atoms with Crippen LogP contribution in [0.2, 0.25) is 0 Å². The second-order valence-electron chi connectivity index (χ2n) is 10.6. The molecule has 7 nitrogen and oxygen atoms in total. The molecule has 1 aliphatic heterocycles. The summed E-state index contributed by atoms with van der Waals surface area (Å²) >= 11 is 0. The van der Waals surface area contributed by atoms with Gasteiger partial charge in [0, 0.05) is 31.0 Å². The molecule has 0 spiro atoms. The van der Waals surface area contributed by atoms with Crippen LogP contribution >= 0.6 is 0 Å². The van der Waals surface area contributed by atoms with E-state index in [0.717, 1.165) is 11.1 Å². The Labute approximate surface area is 206 Å². The zero-order valence-electron chi connectivity index (χ0n) is 20.8. The van der Waals surface area contributed by atoms with Crippen LogP contribution in [0.5, 0.6) is 0 Å². The minimum absolute atomic E-state index is 0.00877. The lowest BCUT2D eigenvalue weighted by molar-refractivity contribution is -0.152. The van der Waals surface area contributed by atoms with Gasteiger partial charge in [-0.05, 0) is 42.0 Å². The molecule has 4 rings (SSSR count). The van der Waals surface area contributed by atoms with Crippen molar-refractivity contribution in [3.63, 3.8) is 0 Å². The fourth-order valence-corrected chi connectivity index (χ4v) is 5.60. The maximum absolute atomic E-state index is 13.2. The summed E-state index contributed by atoms with van der Waals surface area (Å²) in [7, 11) is 0. The van der Waals surface area contributed by atoms with Crippen molar-refractivity contribution in [1.82, 2.24) is 10.2 Å². The van der Waals surface area contributed by atoms with Gasteiger partial charge < -0.3 is 20.1 Å². The number of fused-ring (bicyclic) bond motifs is 3. The van der Waals surface area contributed by atoms with Crippen LogP contribution in [0.3, 0.4) is 0 Å². The molecule has 1 saturated heterocycles. The van der Waals surface area contributed by atoms with Crippen LogP contribution in [0.15, 0.2) is 48.5 Å². The minimum Gasteiger partial charge on any atom is -0.481 e. The molecule has 7 heteroatoms. The van der Waals surface area contributed by atoms with Crippen LogP contribution < -0.4 is 5.32 Å². The van der Waals surface area contributed by atoms with E-state index in [4.69, 9.17) is 9.84 Å². The molecule has 2 N–H and O–H groups in total. The number of nitrogens with one attached hydrogen (secondary N) is 1. The smallest absolute Gasteiger partial charge is 0.407 e. The monoisotopic (exact) mass is 478 g/mol. The van der Waals surface area contributed by atoms with Crippen molar-refractivity contribution in [1.29, 1.82) is 0 Å². The van der Waals surface area contributed by atoms with Crippen molar-refractivity contribution in [3.8, 4) is 11.1 Å². The lowest BCUT2D eigenvalue weighted by Gasteiger charge is -2.45. The van der Waals surface area contributed by atoms with Crippen LogP contribution in [0.1, 0.15) is 51.2 Å². The highest BCUT2D eigenvalue weighted by Crippen LogP contribution is 2.44. The molecule has 1 fully saturated rings. The first-order valence-electron chi connectivity index (χ1n) is 12.2. The van der Waals surface area contributed by atoms with Crippen molar-refractivity contribution in [2.45, 2.75) is 46.1 Å². The molecule has 2 amide bonds. The Balaban J connectivity index is 1.40. The zero-order valence-corrected chi connectivity index (χ0v) is 20.8. The maximum atomic E-state index is 13.2. The van der Waals surface area contributed by atoms with Gasteiger partial charge in [0.2, 0.25) is 5.91 Å². The fraction of sp³-hybridized carbons (Fsp3) is 0.464. The molecule has 2 aromatic carbocycles. The van der Waals surface area contributed by atoms with Crippen LogP contribution in [0.25, 0.3) is 11.1 Å². The number of carboxylic acids is 1. The van der Waals surface area contributed by atoms with E-state index in [9.17, 15) is 14.4 Å². The molecular weight excluding hydrogens is 444 g/mol. The van der Waals surface area contributed by atoms with E-state index >= 15 is 0 Å². The van der Waals surface area contributed by atoms with Gasteiger partial charge >= 0.3 is 12.1 Å². The first-order valence-corrected chi connectivity index (χ1v) is 12.2. The number of benzene rings is 2. The predicted octanol–water partition coefficient (Wildman–Crippen LogP) is 4.51. The molecule has 186 valence electrons. The summed E-state index contributed by atoms with van der Waals surface area (Å²) in [5, 5.41) is 11.9. The van der Waals surface area contributed by atoms with Gasteiger partial charge in [-0.1, -0.05) is 62.4 Å². The Morgan fingerprint density at radius 2 is 1.57 bits per heavy atom. The lowest BCUT2D eigenvalue weighted by atomic mass is 9.76. The normalized spacial score (nSPS) is 16.3. The third-order valence-corrected chi connectivity index (χ3v) is 7.32. The number of carbonyl (C=O) groups is 3. The van der Waals surface area contributed by atoms with Crippen LogP contribution in [0, 0.1) is 17.3 Å². The number of hydrogen-bond donors (Lipinski definition) is 2. The van der Waals surface area contributed by atoms with Crippen molar-refractivity contribution in [2.75, 3.05) is 19.7 Å². The van der Waals surface area contributed by atoms with Gasteiger partial charge in [0.05, 0.1) is 11.8 Å². The standard InChI is InChI=1S/C28H34N2O5/c1-17(2)25(28(3,4)26(33)30-14-18(15-30)13-24(31)32)29-27(34)35-16-23-21-11-7-5-9-19(21)20-10-6-8-12-22(20)23/h5-12,17-18,23,25H,13-16H2,1-4H3,(H,29,34)(H,31,32). The topological polar surface area (TPSA) is 95.9 Å². The van der Waals surface area contributed by atoms with Crippen molar-refractivity contribution >= 4 is 18.0 Å². The number of amides is 2. The van der Waals surface area contributed by atoms with E-state index < -0.39 is 23.5 Å².